The van der Waals surface area contributed by atoms with E-state index < -0.39 is 12.0 Å². The number of thiophene rings is 1. The molecule has 2 aliphatic rings. The average molecular weight is 350 g/mol. The number of nitrogens with one attached hydrogen (secondary N) is 1. The van der Waals surface area contributed by atoms with Crippen LogP contribution in [0.25, 0.3) is 0 Å². The summed E-state index contributed by atoms with van der Waals surface area (Å²) in [7, 11) is 0. The van der Waals surface area contributed by atoms with Crippen LogP contribution in [0.2, 0.25) is 0 Å². The van der Waals surface area contributed by atoms with Crippen molar-refractivity contribution in [1.29, 1.82) is 0 Å². The summed E-state index contributed by atoms with van der Waals surface area (Å²) in [6, 6.07) is 3.24. The van der Waals surface area contributed by atoms with Crippen LogP contribution in [0.1, 0.15) is 48.2 Å². The van der Waals surface area contributed by atoms with Gasteiger partial charge in [-0.15, -0.1) is 11.3 Å². The second-order valence-electron chi connectivity index (χ2n) is 6.53. The van der Waals surface area contributed by atoms with Gasteiger partial charge in [0.15, 0.2) is 0 Å². The summed E-state index contributed by atoms with van der Waals surface area (Å²) in [6.07, 6.45) is 4.10. The van der Waals surface area contributed by atoms with Gasteiger partial charge in [-0.2, -0.15) is 0 Å². The van der Waals surface area contributed by atoms with Crippen molar-refractivity contribution in [2.24, 2.45) is 5.92 Å². The lowest BCUT2D eigenvalue weighted by Gasteiger charge is -2.30. The van der Waals surface area contributed by atoms with Gasteiger partial charge in [-0.1, -0.05) is 6.07 Å². The number of hydrogen-bond donors (Lipinski definition) is 2. The van der Waals surface area contributed by atoms with Crippen LogP contribution in [0.3, 0.4) is 0 Å². The third-order valence-corrected chi connectivity index (χ3v) is 5.83. The molecule has 2 N–H and O–H groups in total. The Labute approximate surface area is 144 Å². The summed E-state index contributed by atoms with van der Waals surface area (Å²) in [6.45, 7) is 0.612. The highest BCUT2D eigenvalue weighted by molar-refractivity contribution is 7.12. The lowest BCUT2D eigenvalue weighted by atomic mass is 9.86. The molecule has 0 radical (unpaired) electrons. The molecule has 7 heteroatoms. The summed E-state index contributed by atoms with van der Waals surface area (Å²) >= 11 is 1.39. The van der Waals surface area contributed by atoms with Gasteiger partial charge >= 0.3 is 5.97 Å². The minimum Gasteiger partial charge on any atom is -0.481 e. The molecule has 3 rings (SSSR count). The van der Waals surface area contributed by atoms with Crippen molar-refractivity contribution in [1.82, 2.24) is 10.2 Å². The van der Waals surface area contributed by atoms with Gasteiger partial charge in [0.1, 0.15) is 6.04 Å². The van der Waals surface area contributed by atoms with Crippen molar-refractivity contribution in [3.8, 4) is 0 Å². The maximum atomic E-state index is 12.6. The molecule has 6 nitrogen and oxygen atoms in total. The molecule has 1 aromatic rings. The fraction of sp³-hybridized carbons (Fsp3) is 0.588. The third kappa shape index (κ3) is 3.61. The van der Waals surface area contributed by atoms with E-state index in [0.29, 0.717) is 43.5 Å². The standard InChI is InChI=1S/C17H22N2O4S/c20-15(18-12-7-5-11(6-8-12)17(22)23)13-3-1-9-19(13)16(21)14-4-2-10-24-14/h2,4,10-13H,1,3,5-9H2,(H,18,20)(H,22,23). The smallest absolute Gasteiger partial charge is 0.306 e. The molecule has 1 unspecified atom stereocenters. The molecule has 2 fully saturated rings. The fourth-order valence-electron chi connectivity index (χ4n) is 3.61. The Balaban J connectivity index is 1.56. The Kier molecular flexibility index (Phi) is 5.18. The van der Waals surface area contributed by atoms with Crippen LogP contribution in [0.15, 0.2) is 17.5 Å². The van der Waals surface area contributed by atoms with Gasteiger partial charge in [-0.25, -0.2) is 0 Å². The van der Waals surface area contributed by atoms with Crippen LogP contribution in [-0.4, -0.2) is 46.4 Å². The number of carboxylic acids is 1. The molecule has 2 heterocycles. The lowest BCUT2D eigenvalue weighted by molar-refractivity contribution is -0.142. The first-order valence-electron chi connectivity index (χ1n) is 8.44. The maximum Gasteiger partial charge on any atom is 0.306 e. The predicted molar refractivity (Wildman–Crippen MR) is 89.9 cm³/mol. The Morgan fingerprint density at radius 2 is 1.92 bits per heavy atom. The number of nitrogens with zero attached hydrogens (tertiary/aromatic N) is 1. The highest BCUT2D eigenvalue weighted by atomic mass is 32.1. The Morgan fingerprint density at radius 3 is 2.54 bits per heavy atom. The molecule has 0 spiro atoms. The number of likely N-dealkylation sites (tertiary alicyclic amines) is 1. The van der Waals surface area contributed by atoms with Crippen LogP contribution >= 0.6 is 11.3 Å². The van der Waals surface area contributed by atoms with Crippen molar-refractivity contribution >= 4 is 29.1 Å². The summed E-state index contributed by atoms with van der Waals surface area (Å²) < 4.78 is 0. The van der Waals surface area contributed by atoms with Gasteiger partial charge in [-0.05, 0) is 50.0 Å². The molecular formula is C17H22N2O4S. The monoisotopic (exact) mass is 350 g/mol. The van der Waals surface area contributed by atoms with E-state index in [2.05, 4.69) is 5.32 Å². The zero-order chi connectivity index (χ0) is 17.1. The van der Waals surface area contributed by atoms with E-state index in [4.69, 9.17) is 5.11 Å². The minimum absolute atomic E-state index is 0.0207. The molecule has 1 aliphatic carbocycles. The van der Waals surface area contributed by atoms with Gasteiger partial charge < -0.3 is 15.3 Å². The average Bonchev–Trinajstić information content (AvgIpc) is 3.26. The second kappa shape index (κ2) is 7.34. The molecule has 0 aromatic carbocycles. The first-order valence-corrected chi connectivity index (χ1v) is 9.32. The quantitative estimate of drug-likeness (QED) is 0.871. The van der Waals surface area contributed by atoms with Gasteiger partial charge in [0.2, 0.25) is 5.91 Å². The SMILES string of the molecule is O=C(O)C1CCC(NC(=O)C2CCCN2C(=O)c2cccs2)CC1. The van der Waals surface area contributed by atoms with E-state index in [1.165, 1.54) is 11.3 Å². The summed E-state index contributed by atoms with van der Waals surface area (Å²) in [4.78, 5) is 38.4. The molecule has 1 atom stereocenters. The van der Waals surface area contributed by atoms with Crippen LogP contribution < -0.4 is 5.32 Å². The van der Waals surface area contributed by atoms with E-state index in [-0.39, 0.29) is 23.8 Å². The number of rotatable bonds is 4. The van der Waals surface area contributed by atoms with Crippen LogP contribution in [0.5, 0.6) is 0 Å². The Hall–Kier alpha value is -1.89. The van der Waals surface area contributed by atoms with Crippen molar-refractivity contribution in [3.05, 3.63) is 22.4 Å². The second-order valence-corrected chi connectivity index (χ2v) is 7.48. The number of amides is 2. The molecule has 130 valence electrons. The number of aliphatic carboxylic acids is 1. The number of carbonyl (C=O) groups is 3. The van der Waals surface area contributed by atoms with E-state index in [9.17, 15) is 14.4 Å². The minimum atomic E-state index is -0.747. The van der Waals surface area contributed by atoms with Gasteiger partial charge in [0, 0.05) is 12.6 Å². The molecule has 24 heavy (non-hydrogen) atoms. The molecule has 1 saturated carbocycles. The van der Waals surface area contributed by atoms with Crippen molar-refractivity contribution in [2.45, 2.75) is 50.6 Å². The highest BCUT2D eigenvalue weighted by Crippen LogP contribution is 2.26. The van der Waals surface area contributed by atoms with Crippen molar-refractivity contribution < 1.29 is 19.5 Å². The molecule has 1 aromatic heterocycles. The molecular weight excluding hydrogens is 328 g/mol. The summed E-state index contributed by atoms with van der Waals surface area (Å²) in [5.41, 5.74) is 0. The fourth-order valence-corrected chi connectivity index (χ4v) is 4.29. The number of carbonyl (C=O) groups excluding carboxylic acids is 2. The summed E-state index contributed by atoms with van der Waals surface area (Å²) in [5, 5.41) is 13.9. The van der Waals surface area contributed by atoms with Crippen LogP contribution in [0.4, 0.5) is 0 Å². The van der Waals surface area contributed by atoms with Gasteiger partial charge in [0.05, 0.1) is 10.8 Å². The molecule has 1 aliphatic heterocycles. The van der Waals surface area contributed by atoms with Gasteiger partial charge in [0.25, 0.3) is 5.91 Å². The van der Waals surface area contributed by atoms with Crippen LogP contribution in [-0.2, 0) is 9.59 Å². The molecule has 1 saturated heterocycles. The lowest BCUT2D eigenvalue weighted by Crippen LogP contribution is -2.49. The number of carboxylic acid groups (broad SMARTS) is 1. The third-order valence-electron chi connectivity index (χ3n) is 4.97. The first kappa shape index (κ1) is 17.0. The van der Waals surface area contributed by atoms with Crippen molar-refractivity contribution in [3.63, 3.8) is 0 Å². The van der Waals surface area contributed by atoms with Crippen molar-refractivity contribution in [2.75, 3.05) is 6.54 Å². The maximum absolute atomic E-state index is 12.6. The zero-order valence-electron chi connectivity index (χ0n) is 13.4. The topological polar surface area (TPSA) is 86.7 Å². The Morgan fingerprint density at radius 1 is 1.17 bits per heavy atom. The largest absolute Gasteiger partial charge is 0.481 e. The van der Waals surface area contributed by atoms with E-state index in [1.54, 1.807) is 11.0 Å². The van der Waals surface area contributed by atoms with E-state index >= 15 is 0 Å². The predicted octanol–water partition coefficient (Wildman–Crippen LogP) is 2.11. The normalized spacial score (nSPS) is 27.0. The van der Waals surface area contributed by atoms with E-state index in [1.807, 2.05) is 11.4 Å². The summed E-state index contributed by atoms with van der Waals surface area (Å²) in [5.74, 6) is -1.21. The highest BCUT2D eigenvalue weighted by Gasteiger charge is 2.36. The Bertz CT molecular complexity index is 608. The zero-order valence-corrected chi connectivity index (χ0v) is 14.3. The number of hydrogen-bond acceptors (Lipinski definition) is 4. The van der Waals surface area contributed by atoms with Crippen LogP contribution in [0, 0.1) is 5.92 Å². The van der Waals surface area contributed by atoms with E-state index in [0.717, 1.165) is 6.42 Å². The molecule has 0 bridgehead atoms. The molecule has 2 amide bonds. The first-order chi connectivity index (χ1) is 11.6. The van der Waals surface area contributed by atoms with Gasteiger partial charge in [-0.3, -0.25) is 14.4 Å².